The Morgan fingerprint density at radius 2 is 1.91 bits per heavy atom. The first-order chi connectivity index (χ1) is 15.7. The van der Waals surface area contributed by atoms with Crippen LogP contribution in [0.5, 0.6) is 11.5 Å². The first kappa shape index (κ1) is 20.2. The Bertz CT molecular complexity index is 1330. The van der Waals surface area contributed by atoms with E-state index in [-0.39, 0.29) is 23.8 Å². The van der Waals surface area contributed by atoms with Crippen LogP contribution in [0.1, 0.15) is 5.76 Å². The van der Waals surface area contributed by atoms with Gasteiger partial charge >= 0.3 is 0 Å². The number of thioether (sulfide) groups is 1. The van der Waals surface area contributed by atoms with Crippen LogP contribution in [0.4, 0.5) is 5.69 Å². The van der Waals surface area contributed by atoms with Crippen LogP contribution in [0, 0.1) is 0 Å². The van der Waals surface area contributed by atoms with E-state index in [4.69, 9.17) is 13.9 Å². The summed E-state index contributed by atoms with van der Waals surface area (Å²) in [5, 5.41) is 3.81. The summed E-state index contributed by atoms with van der Waals surface area (Å²) in [7, 11) is 0. The molecule has 1 aliphatic rings. The largest absolute Gasteiger partial charge is 0.486 e. The summed E-state index contributed by atoms with van der Waals surface area (Å²) < 4.78 is 18.0. The lowest BCUT2D eigenvalue weighted by atomic mass is 10.2. The van der Waals surface area contributed by atoms with Crippen LogP contribution in [0.2, 0.25) is 0 Å². The molecule has 162 valence electrons. The smallest absolute Gasteiger partial charge is 0.262 e. The fourth-order valence-electron chi connectivity index (χ4n) is 3.40. The maximum atomic E-state index is 13.1. The zero-order valence-electron chi connectivity index (χ0n) is 16.9. The number of benzene rings is 2. The SMILES string of the molecule is O=C(CSc1nc2ccccc2c(=O)n1Cc1ccco1)Nc1ccc2c(c1)OCCO2. The zero-order valence-corrected chi connectivity index (χ0v) is 17.8. The van der Waals surface area contributed by atoms with Crippen molar-refractivity contribution in [2.45, 2.75) is 11.7 Å². The highest BCUT2D eigenvalue weighted by Gasteiger charge is 2.16. The molecule has 0 unspecified atom stereocenters. The van der Waals surface area contributed by atoms with Crippen molar-refractivity contribution in [3.8, 4) is 11.5 Å². The Labute approximate surface area is 187 Å². The van der Waals surface area contributed by atoms with Gasteiger partial charge in [0.25, 0.3) is 5.56 Å². The highest BCUT2D eigenvalue weighted by molar-refractivity contribution is 7.99. The Hall–Kier alpha value is -3.72. The van der Waals surface area contributed by atoms with Gasteiger partial charge in [0.15, 0.2) is 16.7 Å². The number of amides is 1. The molecule has 1 aliphatic heterocycles. The zero-order chi connectivity index (χ0) is 21.9. The molecule has 5 rings (SSSR count). The molecule has 0 aliphatic carbocycles. The number of hydrogen-bond donors (Lipinski definition) is 1. The third kappa shape index (κ3) is 4.19. The van der Waals surface area contributed by atoms with E-state index in [1.807, 2.05) is 6.07 Å². The number of aromatic nitrogens is 2. The molecular weight excluding hydrogens is 430 g/mol. The van der Waals surface area contributed by atoms with E-state index in [1.54, 1.807) is 54.8 Å². The number of carbonyl (C=O) groups is 1. The fourth-order valence-corrected chi connectivity index (χ4v) is 4.20. The van der Waals surface area contributed by atoms with Gasteiger partial charge in [0, 0.05) is 11.8 Å². The van der Waals surface area contributed by atoms with Crippen molar-refractivity contribution in [2.24, 2.45) is 0 Å². The quantitative estimate of drug-likeness (QED) is 0.355. The minimum absolute atomic E-state index is 0.0807. The molecule has 0 spiro atoms. The summed E-state index contributed by atoms with van der Waals surface area (Å²) >= 11 is 1.20. The van der Waals surface area contributed by atoms with Crippen LogP contribution in [0.15, 0.2) is 75.2 Å². The molecular formula is C23H19N3O5S. The number of nitrogens with one attached hydrogen (secondary N) is 1. The van der Waals surface area contributed by atoms with Gasteiger partial charge in [0.05, 0.1) is 29.5 Å². The molecule has 3 heterocycles. The average molecular weight is 449 g/mol. The first-order valence-corrected chi connectivity index (χ1v) is 11.0. The second kappa shape index (κ2) is 8.80. The van der Waals surface area contributed by atoms with Crippen molar-refractivity contribution in [1.82, 2.24) is 9.55 Å². The van der Waals surface area contributed by atoms with E-state index < -0.39 is 0 Å². The summed E-state index contributed by atoms with van der Waals surface area (Å²) in [5.41, 5.74) is 1.02. The van der Waals surface area contributed by atoms with Crippen molar-refractivity contribution < 1.29 is 18.7 Å². The van der Waals surface area contributed by atoms with Gasteiger partial charge in [-0.1, -0.05) is 23.9 Å². The molecule has 0 saturated heterocycles. The minimum Gasteiger partial charge on any atom is -0.486 e. The summed E-state index contributed by atoms with van der Waals surface area (Å²) in [6.45, 7) is 1.21. The molecule has 8 nitrogen and oxygen atoms in total. The highest BCUT2D eigenvalue weighted by atomic mass is 32.2. The fraction of sp³-hybridized carbons (Fsp3) is 0.174. The lowest BCUT2D eigenvalue weighted by molar-refractivity contribution is -0.113. The number of fused-ring (bicyclic) bond motifs is 2. The number of anilines is 1. The van der Waals surface area contributed by atoms with Crippen LogP contribution in [-0.4, -0.2) is 34.4 Å². The molecule has 2 aromatic carbocycles. The van der Waals surface area contributed by atoms with E-state index >= 15 is 0 Å². The van der Waals surface area contributed by atoms with Crippen molar-refractivity contribution in [1.29, 1.82) is 0 Å². The van der Waals surface area contributed by atoms with Crippen LogP contribution < -0.4 is 20.3 Å². The van der Waals surface area contributed by atoms with Crippen LogP contribution in [0.25, 0.3) is 10.9 Å². The molecule has 0 fully saturated rings. The Kier molecular flexibility index (Phi) is 5.55. The molecule has 0 saturated carbocycles. The number of hydrogen-bond acceptors (Lipinski definition) is 7. The monoisotopic (exact) mass is 449 g/mol. The Balaban J connectivity index is 1.36. The van der Waals surface area contributed by atoms with Gasteiger partial charge in [-0.2, -0.15) is 0 Å². The first-order valence-electron chi connectivity index (χ1n) is 10.0. The molecule has 9 heteroatoms. The van der Waals surface area contributed by atoms with E-state index in [0.717, 1.165) is 0 Å². The molecule has 0 atom stereocenters. The predicted molar refractivity (Wildman–Crippen MR) is 121 cm³/mol. The van der Waals surface area contributed by atoms with Gasteiger partial charge in [-0.15, -0.1) is 0 Å². The highest BCUT2D eigenvalue weighted by Crippen LogP contribution is 2.32. The van der Waals surface area contributed by atoms with Crippen LogP contribution >= 0.6 is 11.8 Å². The van der Waals surface area contributed by atoms with Crippen molar-refractivity contribution >= 4 is 34.3 Å². The van der Waals surface area contributed by atoms with Gasteiger partial charge in [-0.3, -0.25) is 14.2 Å². The summed E-state index contributed by atoms with van der Waals surface area (Å²) in [4.78, 5) is 30.3. The lowest BCUT2D eigenvalue weighted by Gasteiger charge is -2.19. The maximum Gasteiger partial charge on any atom is 0.262 e. The maximum absolute atomic E-state index is 13.1. The molecule has 4 aromatic rings. The molecule has 32 heavy (non-hydrogen) atoms. The van der Waals surface area contributed by atoms with Crippen molar-refractivity contribution in [3.05, 3.63) is 77.0 Å². The summed E-state index contributed by atoms with van der Waals surface area (Å²) in [5.74, 6) is 1.75. The van der Waals surface area contributed by atoms with Crippen molar-refractivity contribution in [3.63, 3.8) is 0 Å². The van der Waals surface area contributed by atoms with Gasteiger partial charge in [-0.05, 0) is 36.4 Å². The van der Waals surface area contributed by atoms with Crippen molar-refractivity contribution in [2.75, 3.05) is 24.3 Å². The Morgan fingerprint density at radius 3 is 2.75 bits per heavy atom. The van der Waals surface area contributed by atoms with Gasteiger partial charge < -0.3 is 19.2 Å². The van der Waals surface area contributed by atoms with E-state index in [2.05, 4.69) is 10.3 Å². The predicted octanol–water partition coefficient (Wildman–Crippen LogP) is 3.54. The molecule has 0 radical (unpaired) electrons. The van der Waals surface area contributed by atoms with Gasteiger partial charge in [-0.25, -0.2) is 4.98 Å². The molecule has 0 bridgehead atoms. The topological polar surface area (TPSA) is 95.6 Å². The number of carbonyl (C=O) groups excluding carboxylic acids is 1. The van der Waals surface area contributed by atoms with Gasteiger partial charge in [0.1, 0.15) is 19.0 Å². The van der Waals surface area contributed by atoms with E-state index in [0.29, 0.717) is 52.2 Å². The van der Waals surface area contributed by atoms with Gasteiger partial charge in [0.2, 0.25) is 5.91 Å². The third-order valence-corrected chi connectivity index (χ3v) is 5.86. The number of ether oxygens (including phenoxy) is 2. The van der Waals surface area contributed by atoms with Crippen LogP contribution in [-0.2, 0) is 11.3 Å². The molecule has 1 N–H and O–H groups in total. The second-order valence-corrected chi connectivity index (χ2v) is 8.02. The number of furan rings is 1. The number of rotatable bonds is 6. The molecule has 1 amide bonds. The van der Waals surface area contributed by atoms with E-state index in [9.17, 15) is 9.59 Å². The Morgan fingerprint density at radius 1 is 1.06 bits per heavy atom. The standard InChI is InChI=1S/C23H19N3O5S/c27-21(24-15-7-8-19-20(12-15)31-11-10-30-19)14-32-23-25-18-6-2-1-5-17(18)22(28)26(23)13-16-4-3-9-29-16/h1-9,12H,10-11,13-14H2,(H,24,27). The summed E-state index contributed by atoms with van der Waals surface area (Å²) in [6, 6.07) is 16.0. The average Bonchev–Trinajstić information content (AvgIpc) is 3.33. The summed E-state index contributed by atoms with van der Waals surface area (Å²) in [6.07, 6.45) is 1.56. The minimum atomic E-state index is -0.223. The number of para-hydroxylation sites is 1. The van der Waals surface area contributed by atoms with Crippen LogP contribution in [0.3, 0.4) is 0 Å². The normalized spacial score (nSPS) is 12.6. The van der Waals surface area contributed by atoms with E-state index in [1.165, 1.54) is 16.3 Å². The lowest BCUT2D eigenvalue weighted by Crippen LogP contribution is -2.24. The second-order valence-electron chi connectivity index (χ2n) is 7.08. The third-order valence-electron chi connectivity index (χ3n) is 4.88. The number of nitrogens with zero attached hydrogens (tertiary/aromatic N) is 2. The molecule has 2 aromatic heterocycles.